The summed E-state index contributed by atoms with van der Waals surface area (Å²) in [5, 5.41) is 9.90. The molecule has 4 heterocycles. The number of alkyl carbamates (subject to hydrolysis) is 1. The number of sulfonamides is 1. The van der Waals surface area contributed by atoms with Crippen LogP contribution in [0.1, 0.15) is 92.9 Å². The number of fused-ring (bicyclic) bond motifs is 3. The van der Waals surface area contributed by atoms with Gasteiger partial charge in [-0.25, -0.2) is 23.2 Å². The van der Waals surface area contributed by atoms with Gasteiger partial charge in [-0.05, 0) is 96.3 Å². The van der Waals surface area contributed by atoms with Crippen molar-refractivity contribution in [2.24, 2.45) is 17.8 Å². The first kappa shape index (κ1) is 43.3. The molecule has 7 rings (SSSR count). The molecule has 2 saturated carbocycles. The van der Waals surface area contributed by atoms with Crippen LogP contribution in [0, 0.1) is 17.8 Å². The number of allylic oxidation sites excluding steroid dienone is 1. The van der Waals surface area contributed by atoms with Crippen molar-refractivity contribution in [2.45, 2.75) is 127 Å². The molecule has 3 N–H and O–H groups in total. The smallest absolute Gasteiger partial charge is 0.408 e. The first-order valence-corrected chi connectivity index (χ1v) is 23.1. The number of pyridine rings is 1. The van der Waals surface area contributed by atoms with Gasteiger partial charge in [-0.1, -0.05) is 32.4 Å². The van der Waals surface area contributed by atoms with Gasteiger partial charge in [0.15, 0.2) is 0 Å². The minimum absolute atomic E-state index is 0.0199. The third kappa shape index (κ3) is 8.97. The lowest BCUT2D eigenvalue weighted by molar-refractivity contribution is -0.142. The van der Waals surface area contributed by atoms with Crippen molar-refractivity contribution in [1.29, 1.82) is 0 Å². The Morgan fingerprint density at radius 2 is 1.88 bits per heavy atom. The molecule has 324 valence electrons. The number of hydrogen-bond donors (Lipinski definition) is 3. The highest BCUT2D eigenvalue weighted by molar-refractivity contribution is 7.91. The Kier molecular flexibility index (Phi) is 12.0. The average molecular weight is 865 g/mol. The molecule has 0 spiro atoms. The zero-order valence-corrected chi connectivity index (χ0v) is 36.9. The molecule has 2 aromatic heterocycles. The van der Waals surface area contributed by atoms with Crippen molar-refractivity contribution in [3.05, 3.63) is 48.1 Å². The summed E-state index contributed by atoms with van der Waals surface area (Å²) in [6, 6.07) is 3.31. The largest absolute Gasteiger partial charge is 0.497 e. The van der Waals surface area contributed by atoms with E-state index in [9.17, 15) is 22.8 Å². The number of hydrogen-bond acceptors (Lipinski definition) is 12. The Bertz CT molecular complexity index is 2270. The first-order valence-electron chi connectivity index (χ1n) is 20.8. The minimum atomic E-state index is -4.02. The summed E-state index contributed by atoms with van der Waals surface area (Å²) >= 11 is 1.47. The fraction of sp³-hybridized carbons (Fsp3) is 0.581. The normalized spacial score (nSPS) is 28.0. The van der Waals surface area contributed by atoms with Crippen LogP contribution < -0.4 is 24.8 Å². The van der Waals surface area contributed by atoms with E-state index in [0.29, 0.717) is 43.2 Å². The number of benzene rings is 1. The topological polar surface area (TPSA) is 195 Å². The van der Waals surface area contributed by atoms with E-state index in [1.165, 1.54) is 16.2 Å². The van der Waals surface area contributed by atoms with Gasteiger partial charge in [0.05, 0.1) is 18.4 Å². The highest BCUT2D eigenvalue weighted by Crippen LogP contribution is 2.48. The lowest BCUT2D eigenvalue weighted by Crippen LogP contribution is -2.59. The predicted molar refractivity (Wildman–Crippen MR) is 227 cm³/mol. The number of amides is 4. The Morgan fingerprint density at radius 1 is 1.12 bits per heavy atom. The molecular formula is C43H56N6O9S2. The highest BCUT2D eigenvalue weighted by atomic mass is 32.2. The van der Waals surface area contributed by atoms with Crippen LogP contribution in [-0.2, 0) is 29.1 Å². The van der Waals surface area contributed by atoms with Gasteiger partial charge in [0.25, 0.3) is 5.91 Å². The van der Waals surface area contributed by atoms with Gasteiger partial charge in [-0.3, -0.25) is 19.1 Å². The molecule has 60 heavy (non-hydrogen) atoms. The van der Waals surface area contributed by atoms with Crippen LogP contribution >= 0.6 is 11.3 Å². The average Bonchev–Trinajstić information content (AvgIpc) is 3.95. The molecule has 17 heteroatoms. The van der Waals surface area contributed by atoms with E-state index in [0.717, 1.165) is 22.4 Å². The molecule has 7 unspecified atom stereocenters. The van der Waals surface area contributed by atoms with Crippen LogP contribution in [-0.4, -0.2) is 94.8 Å². The van der Waals surface area contributed by atoms with Gasteiger partial charge < -0.3 is 29.7 Å². The molecule has 0 radical (unpaired) electrons. The number of carbonyl (C=O) groups is 4. The fourth-order valence-electron chi connectivity index (χ4n) is 8.35. The van der Waals surface area contributed by atoms with Crippen LogP contribution in [0.25, 0.3) is 21.3 Å². The standard InChI is InChI=1S/C43H56N6O9S2/c1-8-26-19-25(2)11-9-10-12-27-22-43(27,39(52)48-60(54,55)42(6)15-16-42)47-35(50)33-21-29(24-49(33)38(51)34(26)46-40(53)58-41(3,4)5)57-36-30-14-13-28(56-7)20-31(30)32(23-45-36)37-44-17-18-59-37/h10,12-14,17-18,20,23,25-27,29,33-34H,8-9,11,15-16,19,21-22,24H2,1-7H3,(H,46,53)(H,47,50)(H,48,52). The predicted octanol–water partition coefficient (Wildman–Crippen LogP) is 5.88. The summed E-state index contributed by atoms with van der Waals surface area (Å²) < 4.78 is 45.6. The third-order valence-corrected chi connectivity index (χ3v) is 15.2. The zero-order chi connectivity index (χ0) is 43.2. The quantitative estimate of drug-likeness (QED) is 0.217. The number of thiazole rings is 1. The van der Waals surface area contributed by atoms with Gasteiger partial charge in [0.2, 0.25) is 27.7 Å². The van der Waals surface area contributed by atoms with E-state index >= 15 is 4.79 Å². The van der Waals surface area contributed by atoms with Crippen molar-refractivity contribution < 1.29 is 41.8 Å². The molecule has 0 bridgehead atoms. The summed E-state index contributed by atoms with van der Waals surface area (Å²) in [7, 11) is -2.44. The SMILES string of the molecule is CCC1CC(C)CCC=CC2CC2(C(=O)NS(=O)(=O)C2(C)CC2)NC(=O)C2CC(Oc3ncc(-c4nccs4)c4cc(OC)ccc34)CN2C(=O)C1NC(=O)OC(C)(C)C. The lowest BCUT2D eigenvalue weighted by atomic mass is 9.85. The molecule has 2 aliphatic carbocycles. The molecule has 3 aromatic rings. The molecular weight excluding hydrogens is 809 g/mol. The fourth-order valence-corrected chi connectivity index (χ4v) is 10.3. The molecule has 7 atom stereocenters. The Balaban J connectivity index is 1.26. The van der Waals surface area contributed by atoms with Crippen LogP contribution in [0.3, 0.4) is 0 Å². The number of nitrogens with one attached hydrogen (secondary N) is 3. The number of carbonyl (C=O) groups excluding carboxylic acids is 4. The second-order valence-corrected chi connectivity index (χ2v) is 21.1. The van der Waals surface area contributed by atoms with E-state index in [1.54, 1.807) is 53.3 Å². The number of nitrogens with zero attached hydrogens (tertiary/aromatic N) is 3. The van der Waals surface area contributed by atoms with Crippen molar-refractivity contribution in [3.8, 4) is 22.2 Å². The van der Waals surface area contributed by atoms with Crippen molar-refractivity contribution in [2.75, 3.05) is 13.7 Å². The molecule has 15 nitrogen and oxygen atoms in total. The van der Waals surface area contributed by atoms with Gasteiger partial charge in [0, 0.05) is 46.4 Å². The molecule has 1 saturated heterocycles. The van der Waals surface area contributed by atoms with E-state index in [4.69, 9.17) is 19.2 Å². The summed E-state index contributed by atoms with van der Waals surface area (Å²) in [6.45, 7) is 10.8. The first-order chi connectivity index (χ1) is 28.4. The number of methoxy groups -OCH3 is 1. The molecule has 4 aliphatic rings. The lowest BCUT2D eigenvalue weighted by Gasteiger charge is -2.34. The minimum Gasteiger partial charge on any atom is -0.497 e. The second-order valence-electron chi connectivity index (χ2n) is 18.0. The van der Waals surface area contributed by atoms with Gasteiger partial charge >= 0.3 is 6.09 Å². The number of aromatic nitrogens is 2. The maximum Gasteiger partial charge on any atom is 0.408 e. The molecule has 1 aromatic carbocycles. The van der Waals surface area contributed by atoms with Gasteiger partial charge in [-0.15, -0.1) is 11.3 Å². The van der Waals surface area contributed by atoms with E-state index in [-0.39, 0.29) is 37.1 Å². The Labute approximate surface area is 355 Å². The molecule has 4 amide bonds. The zero-order valence-electron chi connectivity index (χ0n) is 35.3. The summed E-state index contributed by atoms with van der Waals surface area (Å²) in [5.41, 5.74) is -1.60. The van der Waals surface area contributed by atoms with Crippen LogP contribution in [0.15, 0.2) is 48.1 Å². The van der Waals surface area contributed by atoms with E-state index < -0.39 is 73.8 Å². The van der Waals surface area contributed by atoms with E-state index in [1.807, 2.05) is 36.6 Å². The van der Waals surface area contributed by atoms with Gasteiger partial charge in [0.1, 0.15) is 40.1 Å². The monoisotopic (exact) mass is 864 g/mol. The Morgan fingerprint density at radius 3 is 2.55 bits per heavy atom. The number of rotatable bonds is 9. The second kappa shape index (κ2) is 16.6. The van der Waals surface area contributed by atoms with Crippen LogP contribution in [0.2, 0.25) is 0 Å². The summed E-state index contributed by atoms with van der Waals surface area (Å²) in [6.07, 6.45) is 9.41. The number of ether oxygens (including phenoxy) is 3. The van der Waals surface area contributed by atoms with Crippen molar-refractivity contribution in [1.82, 2.24) is 30.2 Å². The highest BCUT2D eigenvalue weighted by Gasteiger charge is 2.63. The summed E-state index contributed by atoms with van der Waals surface area (Å²) in [5.74, 6) is -1.65. The third-order valence-electron chi connectivity index (χ3n) is 12.3. The molecule has 2 aliphatic heterocycles. The van der Waals surface area contributed by atoms with Crippen molar-refractivity contribution in [3.63, 3.8) is 0 Å². The maximum absolute atomic E-state index is 15.1. The van der Waals surface area contributed by atoms with Crippen LogP contribution in [0.4, 0.5) is 4.79 Å². The van der Waals surface area contributed by atoms with Gasteiger partial charge in [-0.2, -0.15) is 0 Å². The Hall–Kier alpha value is -4.77. The maximum atomic E-state index is 15.1. The van der Waals surface area contributed by atoms with Crippen LogP contribution in [0.5, 0.6) is 11.6 Å². The van der Waals surface area contributed by atoms with E-state index in [2.05, 4.69) is 27.3 Å². The molecule has 3 fully saturated rings. The van der Waals surface area contributed by atoms with Crippen molar-refractivity contribution >= 4 is 55.9 Å². The summed E-state index contributed by atoms with van der Waals surface area (Å²) in [4.78, 5) is 67.8.